The number of nitrogens with two attached hydrogens (primary N) is 1. The third kappa shape index (κ3) is 3.17. The quantitative estimate of drug-likeness (QED) is 0.881. The number of ether oxygens (including phenoxy) is 1. The molecule has 0 aliphatic heterocycles. The van der Waals surface area contributed by atoms with Crippen molar-refractivity contribution in [2.75, 3.05) is 19.8 Å². The minimum Gasteiger partial charge on any atom is -0.455 e. The topological polar surface area (TPSA) is 72.6 Å². The lowest BCUT2D eigenvalue weighted by molar-refractivity contribution is 0.481. The Hall–Kier alpha value is -2.05. The summed E-state index contributed by atoms with van der Waals surface area (Å²) in [7, 11) is -0.680. The fraction of sp³-hybridized carbons (Fsp3) is 0.200. The first kappa shape index (κ1) is 15.3. The Morgan fingerprint density at radius 2 is 1.76 bits per heavy atom. The van der Waals surface area contributed by atoms with Gasteiger partial charge in [-0.05, 0) is 36.8 Å². The van der Waals surface area contributed by atoms with Gasteiger partial charge in [0.1, 0.15) is 10.6 Å². The van der Waals surface area contributed by atoms with Crippen LogP contribution in [0.5, 0.6) is 11.5 Å². The van der Waals surface area contributed by atoms with E-state index in [0.717, 1.165) is 9.87 Å². The van der Waals surface area contributed by atoms with Gasteiger partial charge in [-0.1, -0.05) is 18.2 Å². The molecule has 0 fully saturated rings. The van der Waals surface area contributed by atoms with E-state index in [2.05, 4.69) is 0 Å². The van der Waals surface area contributed by atoms with Crippen molar-refractivity contribution in [3.63, 3.8) is 0 Å². The zero-order valence-electron chi connectivity index (χ0n) is 12.2. The predicted octanol–water partition coefficient (Wildman–Crippen LogP) is 2.62. The molecule has 21 heavy (non-hydrogen) atoms. The second-order valence-corrected chi connectivity index (χ2v) is 6.99. The summed E-state index contributed by atoms with van der Waals surface area (Å²) in [5.41, 5.74) is 7.11. The van der Waals surface area contributed by atoms with Gasteiger partial charge in [0.2, 0.25) is 10.0 Å². The summed E-state index contributed by atoms with van der Waals surface area (Å²) in [6.45, 7) is 1.95. The summed E-state index contributed by atoms with van der Waals surface area (Å²) in [4.78, 5) is 0.0395. The van der Waals surface area contributed by atoms with E-state index in [1.807, 2.05) is 25.1 Å². The molecule has 5 nitrogen and oxygen atoms in total. The summed E-state index contributed by atoms with van der Waals surface area (Å²) in [6, 6.07) is 12.2. The summed E-state index contributed by atoms with van der Waals surface area (Å²) in [6.07, 6.45) is 0. The Morgan fingerprint density at radius 1 is 1.10 bits per heavy atom. The van der Waals surface area contributed by atoms with Crippen molar-refractivity contribution in [3.8, 4) is 11.5 Å². The molecule has 2 aromatic rings. The van der Waals surface area contributed by atoms with Crippen LogP contribution in [0, 0.1) is 6.92 Å². The number of hydrogen-bond acceptors (Lipinski definition) is 4. The van der Waals surface area contributed by atoms with Gasteiger partial charge in [-0.3, -0.25) is 0 Å². The molecule has 112 valence electrons. The first-order valence-electron chi connectivity index (χ1n) is 6.38. The number of anilines is 1. The normalized spacial score (nSPS) is 11.6. The molecule has 0 radical (unpaired) electrons. The van der Waals surface area contributed by atoms with Crippen LogP contribution < -0.4 is 10.5 Å². The number of aryl methyl sites for hydroxylation is 1. The standard InChI is InChI=1S/C15H18N2O3S/c1-11-6-4-7-12(10-11)20-13-8-5-9-14(15(13)16)21(18,19)17(2)3/h4-10H,16H2,1-3H3. The van der Waals surface area contributed by atoms with Crippen molar-refractivity contribution in [3.05, 3.63) is 48.0 Å². The van der Waals surface area contributed by atoms with E-state index in [0.29, 0.717) is 11.5 Å². The van der Waals surface area contributed by atoms with Crippen molar-refractivity contribution in [1.29, 1.82) is 0 Å². The van der Waals surface area contributed by atoms with E-state index in [1.165, 1.54) is 20.2 Å². The molecule has 0 aliphatic carbocycles. The lowest BCUT2D eigenvalue weighted by atomic mass is 10.2. The van der Waals surface area contributed by atoms with E-state index in [1.54, 1.807) is 18.2 Å². The van der Waals surface area contributed by atoms with Gasteiger partial charge in [0.25, 0.3) is 0 Å². The van der Waals surface area contributed by atoms with E-state index >= 15 is 0 Å². The van der Waals surface area contributed by atoms with Crippen molar-refractivity contribution >= 4 is 15.7 Å². The summed E-state index contributed by atoms with van der Waals surface area (Å²) >= 11 is 0. The lowest BCUT2D eigenvalue weighted by Crippen LogP contribution is -2.23. The molecule has 0 aliphatic rings. The number of benzene rings is 2. The molecule has 0 heterocycles. The van der Waals surface area contributed by atoms with Crippen LogP contribution in [-0.2, 0) is 10.0 Å². The zero-order valence-corrected chi connectivity index (χ0v) is 13.0. The van der Waals surface area contributed by atoms with Crippen LogP contribution in [-0.4, -0.2) is 26.8 Å². The maximum atomic E-state index is 12.2. The predicted molar refractivity (Wildman–Crippen MR) is 83.0 cm³/mol. The SMILES string of the molecule is Cc1cccc(Oc2cccc(S(=O)(=O)N(C)C)c2N)c1. The molecule has 2 N–H and O–H groups in total. The summed E-state index contributed by atoms with van der Waals surface area (Å²) in [5.74, 6) is 0.935. The highest BCUT2D eigenvalue weighted by molar-refractivity contribution is 7.89. The summed E-state index contributed by atoms with van der Waals surface area (Å²) < 4.78 is 31.2. The van der Waals surface area contributed by atoms with Crippen LogP contribution in [0.3, 0.4) is 0 Å². The molecule has 6 heteroatoms. The highest BCUT2D eigenvalue weighted by Crippen LogP contribution is 2.33. The average Bonchev–Trinajstić information content (AvgIpc) is 2.41. The Bertz CT molecular complexity index is 755. The number of hydrogen-bond donors (Lipinski definition) is 1. The second-order valence-electron chi connectivity index (χ2n) is 4.87. The Morgan fingerprint density at radius 3 is 2.38 bits per heavy atom. The van der Waals surface area contributed by atoms with Gasteiger partial charge in [0.15, 0.2) is 5.75 Å². The second kappa shape index (κ2) is 5.75. The number of para-hydroxylation sites is 1. The molecule has 0 saturated heterocycles. The third-order valence-corrected chi connectivity index (χ3v) is 4.88. The minimum absolute atomic E-state index is 0.0395. The molecule has 0 spiro atoms. The van der Waals surface area contributed by atoms with Crippen molar-refractivity contribution in [1.82, 2.24) is 4.31 Å². The van der Waals surface area contributed by atoms with Crippen LogP contribution in [0.4, 0.5) is 5.69 Å². The Kier molecular flexibility index (Phi) is 4.20. The number of nitrogen functional groups attached to an aromatic ring is 1. The Balaban J connectivity index is 2.44. The minimum atomic E-state index is -3.60. The van der Waals surface area contributed by atoms with Crippen LogP contribution >= 0.6 is 0 Å². The number of nitrogens with zero attached hydrogens (tertiary/aromatic N) is 1. The highest BCUT2D eigenvalue weighted by atomic mass is 32.2. The van der Waals surface area contributed by atoms with Crippen LogP contribution in [0.2, 0.25) is 0 Å². The van der Waals surface area contributed by atoms with E-state index in [-0.39, 0.29) is 10.6 Å². The largest absolute Gasteiger partial charge is 0.455 e. The number of sulfonamides is 1. The molecule has 0 unspecified atom stereocenters. The van der Waals surface area contributed by atoms with Gasteiger partial charge in [-0.2, -0.15) is 0 Å². The van der Waals surface area contributed by atoms with Crippen LogP contribution in [0.25, 0.3) is 0 Å². The van der Waals surface area contributed by atoms with E-state index in [9.17, 15) is 8.42 Å². The van der Waals surface area contributed by atoms with Crippen molar-refractivity contribution < 1.29 is 13.2 Å². The number of rotatable bonds is 4. The average molecular weight is 306 g/mol. The molecule has 2 aromatic carbocycles. The fourth-order valence-electron chi connectivity index (χ4n) is 1.84. The molecular weight excluding hydrogens is 288 g/mol. The van der Waals surface area contributed by atoms with Crippen molar-refractivity contribution in [2.45, 2.75) is 11.8 Å². The third-order valence-electron chi connectivity index (χ3n) is 3.00. The maximum absolute atomic E-state index is 12.2. The monoisotopic (exact) mass is 306 g/mol. The molecule has 2 rings (SSSR count). The van der Waals surface area contributed by atoms with Gasteiger partial charge in [0, 0.05) is 14.1 Å². The van der Waals surface area contributed by atoms with Gasteiger partial charge in [-0.25, -0.2) is 12.7 Å². The molecule has 0 aromatic heterocycles. The summed E-state index contributed by atoms with van der Waals surface area (Å²) in [5, 5.41) is 0. The fourth-order valence-corrected chi connectivity index (χ4v) is 2.86. The van der Waals surface area contributed by atoms with Crippen LogP contribution in [0.1, 0.15) is 5.56 Å². The molecule has 0 amide bonds. The Labute approximate surface area is 125 Å². The molecule has 0 saturated carbocycles. The highest BCUT2D eigenvalue weighted by Gasteiger charge is 2.22. The first-order valence-corrected chi connectivity index (χ1v) is 7.82. The zero-order chi connectivity index (χ0) is 15.6. The van der Waals surface area contributed by atoms with Gasteiger partial charge in [-0.15, -0.1) is 0 Å². The lowest BCUT2D eigenvalue weighted by Gasteiger charge is -2.16. The van der Waals surface area contributed by atoms with E-state index in [4.69, 9.17) is 10.5 Å². The maximum Gasteiger partial charge on any atom is 0.244 e. The first-order chi connectivity index (χ1) is 9.82. The van der Waals surface area contributed by atoms with Gasteiger partial charge in [0.05, 0.1) is 5.69 Å². The van der Waals surface area contributed by atoms with Gasteiger partial charge >= 0.3 is 0 Å². The van der Waals surface area contributed by atoms with Crippen LogP contribution in [0.15, 0.2) is 47.4 Å². The molecular formula is C15H18N2O3S. The molecule has 0 atom stereocenters. The molecule has 0 bridgehead atoms. The van der Waals surface area contributed by atoms with Crippen molar-refractivity contribution in [2.24, 2.45) is 0 Å². The van der Waals surface area contributed by atoms with Gasteiger partial charge < -0.3 is 10.5 Å². The van der Waals surface area contributed by atoms with E-state index < -0.39 is 10.0 Å². The smallest absolute Gasteiger partial charge is 0.244 e.